The SMILES string of the molecule is CCCNc1ncc(-c2cc(Cl)nc(SC)n2)s1. The summed E-state index contributed by atoms with van der Waals surface area (Å²) in [6.07, 6.45) is 4.81. The van der Waals surface area contributed by atoms with Crippen LogP contribution in [-0.2, 0) is 0 Å². The lowest BCUT2D eigenvalue weighted by Crippen LogP contribution is -1.97. The Morgan fingerprint density at radius 3 is 3.00 bits per heavy atom. The van der Waals surface area contributed by atoms with E-state index in [-0.39, 0.29) is 0 Å². The molecule has 18 heavy (non-hydrogen) atoms. The first-order valence-corrected chi connectivity index (χ1v) is 7.93. The summed E-state index contributed by atoms with van der Waals surface area (Å²) in [5.74, 6) is 0. The van der Waals surface area contributed by atoms with Gasteiger partial charge >= 0.3 is 0 Å². The Bertz CT molecular complexity index is 530. The van der Waals surface area contributed by atoms with E-state index in [1.54, 1.807) is 17.4 Å². The molecule has 0 unspecified atom stereocenters. The molecule has 2 heterocycles. The predicted octanol–water partition coefficient (Wildman–Crippen LogP) is 3.80. The molecule has 96 valence electrons. The van der Waals surface area contributed by atoms with Gasteiger partial charge in [0.15, 0.2) is 10.3 Å². The van der Waals surface area contributed by atoms with Gasteiger partial charge in [-0.3, -0.25) is 0 Å². The summed E-state index contributed by atoms with van der Waals surface area (Å²) >= 11 is 9.02. The molecule has 0 saturated carbocycles. The average molecular weight is 301 g/mol. The lowest BCUT2D eigenvalue weighted by Gasteiger charge is -2.00. The highest BCUT2D eigenvalue weighted by molar-refractivity contribution is 7.98. The van der Waals surface area contributed by atoms with Gasteiger partial charge in [0.05, 0.1) is 10.6 Å². The summed E-state index contributed by atoms with van der Waals surface area (Å²) in [7, 11) is 0. The molecule has 0 saturated heterocycles. The van der Waals surface area contributed by atoms with Gasteiger partial charge in [-0.2, -0.15) is 0 Å². The van der Waals surface area contributed by atoms with Crippen molar-refractivity contribution in [2.45, 2.75) is 18.5 Å². The van der Waals surface area contributed by atoms with Crippen molar-refractivity contribution in [1.29, 1.82) is 0 Å². The van der Waals surface area contributed by atoms with Gasteiger partial charge in [-0.15, -0.1) is 0 Å². The standard InChI is InChI=1S/C11H13ClN4S2/c1-3-4-13-10-14-6-8(18-10)7-5-9(12)16-11(15-7)17-2/h5-6H,3-4H2,1-2H3,(H,13,14). The molecule has 0 bridgehead atoms. The van der Waals surface area contributed by atoms with Crippen molar-refractivity contribution < 1.29 is 0 Å². The molecule has 2 rings (SSSR count). The molecule has 0 aliphatic carbocycles. The van der Waals surface area contributed by atoms with Crippen LogP contribution in [0.5, 0.6) is 0 Å². The van der Waals surface area contributed by atoms with Crippen molar-refractivity contribution in [3.05, 3.63) is 17.4 Å². The molecular formula is C11H13ClN4S2. The fourth-order valence-corrected chi connectivity index (χ4v) is 2.74. The average Bonchev–Trinajstić information content (AvgIpc) is 2.84. The summed E-state index contributed by atoms with van der Waals surface area (Å²) in [6, 6.07) is 1.76. The summed E-state index contributed by atoms with van der Waals surface area (Å²) in [4.78, 5) is 13.9. The minimum Gasteiger partial charge on any atom is -0.362 e. The Hall–Kier alpha value is -0.850. The lowest BCUT2D eigenvalue weighted by atomic mass is 10.4. The highest BCUT2D eigenvalue weighted by Crippen LogP contribution is 2.29. The van der Waals surface area contributed by atoms with Crippen LogP contribution in [0.4, 0.5) is 5.13 Å². The van der Waals surface area contributed by atoms with Crippen LogP contribution in [0.3, 0.4) is 0 Å². The smallest absolute Gasteiger partial charge is 0.189 e. The first-order valence-electron chi connectivity index (χ1n) is 5.51. The van der Waals surface area contributed by atoms with Gasteiger partial charge in [0.2, 0.25) is 0 Å². The number of aromatic nitrogens is 3. The molecule has 0 fully saturated rings. The minimum atomic E-state index is 0.459. The number of nitrogens with zero attached hydrogens (tertiary/aromatic N) is 3. The number of thiazole rings is 1. The molecule has 4 nitrogen and oxygen atoms in total. The van der Waals surface area contributed by atoms with E-state index in [4.69, 9.17) is 11.6 Å². The third-order valence-corrected chi connectivity index (χ3v) is 3.86. The largest absolute Gasteiger partial charge is 0.362 e. The normalized spacial score (nSPS) is 10.6. The Balaban J connectivity index is 2.25. The summed E-state index contributed by atoms with van der Waals surface area (Å²) in [6.45, 7) is 3.05. The van der Waals surface area contributed by atoms with E-state index in [0.29, 0.717) is 10.3 Å². The molecular weight excluding hydrogens is 288 g/mol. The quantitative estimate of drug-likeness (QED) is 0.517. The number of halogens is 1. The van der Waals surface area contributed by atoms with E-state index < -0.39 is 0 Å². The molecule has 0 aliphatic heterocycles. The van der Waals surface area contributed by atoms with E-state index >= 15 is 0 Å². The van der Waals surface area contributed by atoms with Gasteiger partial charge in [-0.25, -0.2) is 15.0 Å². The Labute approximate surface area is 119 Å². The van der Waals surface area contributed by atoms with E-state index in [0.717, 1.165) is 28.7 Å². The van der Waals surface area contributed by atoms with Gasteiger partial charge in [-0.05, 0) is 12.7 Å². The molecule has 2 aromatic rings. The van der Waals surface area contributed by atoms with Gasteiger partial charge in [0.1, 0.15) is 5.15 Å². The second-order valence-electron chi connectivity index (χ2n) is 3.52. The highest BCUT2D eigenvalue weighted by Gasteiger charge is 2.08. The van der Waals surface area contributed by atoms with Crippen LogP contribution in [0.15, 0.2) is 17.4 Å². The van der Waals surface area contributed by atoms with E-state index in [2.05, 4.69) is 27.2 Å². The molecule has 0 aromatic carbocycles. The maximum Gasteiger partial charge on any atom is 0.189 e. The van der Waals surface area contributed by atoms with Gasteiger partial charge in [0.25, 0.3) is 0 Å². The molecule has 0 aliphatic rings. The van der Waals surface area contributed by atoms with Crippen molar-refractivity contribution in [3.63, 3.8) is 0 Å². The number of hydrogen-bond donors (Lipinski definition) is 1. The van der Waals surface area contributed by atoms with Crippen LogP contribution in [0.25, 0.3) is 10.6 Å². The van der Waals surface area contributed by atoms with Crippen molar-refractivity contribution in [1.82, 2.24) is 15.0 Å². The number of nitrogens with one attached hydrogen (secondary N) is 1. The van der Waals surface area contributed by atoms with E-state index in [1.165, 1.54) is 11.8 Å². The maximum absolute atomic E-state index is 5.97. The summed E-state index contributed by atoms with van der Waals surface area (Å²) in [5.41, 5.74) is 0.821. The Kier molecular flexibility index (Phi) is 4.79. The first-order chi connectivity index (χ1) is 8.72. The second-order valence-corrected chi connectivity index (χ2v) is 5.71. The second kappa shape index (κ2) is 6.36. The van der Waals surface area contributed by atoms with Crippen LogP contribution in [0.1, 0.15) is 13.3 Å². The summed E-state index contributed by atoms with van der Waals surface area (Å²) < 4.78 is 0. The zero-order chi connectivity index (χ0) is 13.0. The number of rotatable bonds is 5. The monoisotopic (exact) mass is 300 g/mol. The molecule has 0 amide bonds. The fraction of sp³-hybridized carbons (Fsp3) is 0.364. The number of hydrogen-bond acceptors (Lipinski definition) is 6. The molecule has 0 radical (unpaired) electrons. The zero-order valence-corrected chi connectivity index (χ0v) is 12.5. The third-order valence-electron chi connectivity index (χ3n) is 2.14. The number of anilines is 1. The fourth-order valence-electron chi connectivity index (χ4n) is 1.32. The Morgan fingerprint density at radius 2 is 2.28 bits per heavy atom. The summed E-state index contributed by atoms with van der Waals surface area (Å²) in [5, 5.41) is 5.30. The predicted molar refractivity (Wildman–Crippen MR) is 78.7 cm³/mol. The van der Waals surface area contributed by atoms with Crippen LogP contribution in [0, 0.1) is 0 Å². The first kappa shape index (κ1) is 13.6. The molecule has 2 aromatic heterocycles. The van der Waals surface area contributed by atoms with E-state index in [9.17, 15) is 0 Å². The van der Waals surface area contributed by atoms with Crippen LogP contribution >= 0.6 is 34.7 Å². The molecule has 7 heteroatoms. The van der Waals surface area contributed by atoms with Crippen LogP contribution in [0.2, 0.25) is 5.15 Å². The van der Waals surface area contributed by atoms with E-state index in [1.807, 2.05) is 12.5 Å². The van der Waals surface area contributed by atoms with Crippen molar-refractivity contribution in [2.24, 2.45) is 0 Å². The topological polar surface area (TPSA) is 50.7 Å². The van der Waals surface area contributed by atoms with Gasteiger partial charge < -0.3 is 5.32 Å². The van der Waals surface area contributed by atoms with Crippen molar-refractivity contribution >= 4 is 39.8 Å². The number of thioether (sulfide) groups is 1. The Morgan fingerprint density at radius 1 is 1.44 bits per heavy atom. The van der Waals surface area contributed by atoms with Gasteiger partial charge in [-0.1, -0.05) is 41.6 Å². The van der Waals surface area contributed by atoms with Crippen LogP contribution in [-0.4, -0.2) is 27.8 Å². The molecule has 0 atom stereocenters. The maximum atomic E-state index is 5.97. The molecule has 1 N–H and O–H groups in total. The van der Waals surface area contributed by atoms with Crippen LogP contribution < -0.4 is 5.32 Å². The zero-order valence-electron chi connectivity index (χ0n) is 10.1. The highest BCUT2D eigenvalue weighted by atomic mass is 35.5. The third kappa shape index (κ3) is 3.34. The molecule has 0 spiro atoms. The minimum absolute atomic E-state index is 0.459. The lowest BCUT2D eigenvalue weighted by molar-refractivity contribution is 0.975. The van der Waals surface area contributed by atoms with Crippen molar-refractivity contribution in [3.8, 4) is 10.6 Å². The van der Waals surface area contributed by atoms with Crippen molar-refractivity contribution in [2.75, 3.05) is 18.1 Å². The van der Waals surface area contributed by atoms with Gasteiger partial charge in [0, 0.05) is 18.8 Å².